The monoisotopic (exact) mass is 445 g/mol. The minimum atomic E-state index is -0.683. The van der Waals surface area contributed by atoms with Crippen molar-refractivity contribution in [1.82, 2.24) is 9.97 Å². The lowest BCUT2D eigenvalue weighted by Crippen LogP contribution is -2.33. The molecule has 11 heteroatoms. The molecule has 1 N–H and O–H groups in total. The van der Waals surface area contributed by atoms with Crippen molar-refractivity contribution in [1.29, 1.82) is 0 Å². The first-order chi connectivity index (χ1) is 15.1. The van der Waals surface area contributed by atoms with Crippen molar-refractivity contribution in [2.45, 2.75) is 39.4 Å². The molecule has 0 spiro atoms. The second-order valence-electron chi connectivity index (χ2n) is 7.92. The summed E-state index contributed by atoms with van der Waals surface area (Å²) in [6.07, 6.45) is 1.13. The zero-order valence-corrected chi connectivity index (χ0v) is 18.5. The molecule has 0 amide bonds. The van der Waals surface area contributed by atoms with Crippen LogP contribution in [0, 0.1) is 10.1 Å². The molecule has 11 nitrogen and oxygen atoms in total. The normalized spacial score (nSPS) is 10.9. The first kappa shape index (κ1) is 24.5. The highest BCUT2D eigenvalue weighted by Gasteiger charge is 2.27. The number of likely N-dealkylation sites (N-methyl/N-ethyl adjacent to an activating group) is 1. The number of nitro groups is 1. The number of anilines is 2. The Morgan fingerprint density at radius 1 is 1.16 bits per heavy atom. The number of nitrogens with zero attached hydrogens (tertiary/aromatic N) is 4. The Morgan fingerprint density at radius 2 is 1.84 bits per heavy atom. The third kappa shape index (κ3) is 7.82. The molecule has 1 aromatic heterocycles. The van der Waals surface area contributed by atoms with Crippen molar-refractivity contribution in [2.24, 2.45) is 0 Å². The fourth-order valence-electron chi connectivity index (χ4n) is 2.68. The lowest BCUT2D eigenvalue weighted by Gasteiger charge is -2.23. The van der Waals surface area contributed by atoms with Crippen molar-refractivity contribution in [2.75, 3.05) is 30.4 Å². The van der Waals surface area contributed by atoms with Gasteiger partial charge in [-0.05, 0) is 26.3 Å². The van der Waals surface area contributed by atoms with Crippen LogP contribution < -0.4 is 10.2 Å². The van der Waals surface area contributed by atoms with Crippen LogP contribution in [0.1, 0.15) is 32.8 Å². The molecular formula is C21H27N5O6. The summed E-state index contributed by atoms with van der Waals surface area (Å²) in [7, 11) is 1.49. The summed E-state index contributed by atoms with van der Waals surface area (Å²) in [4.78, 5) is 44.2. The maximum atomic E-state index is 12.1. The molecule has 1 heterocycles. The summed E-state index contributed by atoms with van der Waals surface area (Å²) in [6, 6.07) is 9.23. The lowest BCUT2D eigenvalue weighted by atomic mass is 10.2. The summed E-state index contributed by atoms with van der Waals surface area (Å²) >= 11 is 0. The average molecular weight is 445 g/mol. The zero-order valence-electron chi connectivity index (χ0n) is 18.5. The van der Waals surface area contributed by atoms with E-state index in [1.807, 2.05) is 30.3 Å². The minimum absolute atomic E-state index is 0.0168. The van der Waals surface area contributed by atoms with Gasteiger partial charge in [-0.2, -0.15) is 0 Å². The van der Waals surface area contributed by atoms with Crippen LogP contribution >= 0.6 is 0 Å². The van der Waals surface area contributed by atoms with Gasteiger partial charge >= 0.3 is 17.6 Å². The van der Waals surface area contributed by atoms with E-state index in [9.17, 15) is 19.7 Å². The number of hydrogen-bond donors (Lipinski definition) is 1. The molecule has 0 atom stereocenters. The Labute approximate surface area is 185 Å². The predicted molar refractivity (Wildman–Crippen MR) is 117 cm³/mol. The molecule has 0 aliphatic heterocycles. The van der Waals surface area contributed by atoms with Crippen LogP contribution in [0.25, 0.3) is 0 Å². The van der Waals surface area contributed by atoms with Crippen LogP contribution in [-0.4, -0.2) is 52.6 Å². The number of carbonyl (C=O) groups excluding carboxylic acids is 2. The molecular weight excluding hydrogens is 418 g/mol. The predicted octanol–water partition coefficient (Wildman–Crippen LogP) is 2.71. The van der Waals surface area contributed by atoms with Gasteiger partial charge in [-0.25, -0.2) is 9.97 Å². The molecule has 0 bridgehead atoms. The molecule has 0 unspecified atom stereocenters. The van der Waals surface area contributed by atoms with Crippen LogP contribution in [0.15, 0.2) is 36.7 Å². The summed E-state index contributed by atoms with van der Waals surface area (Å²) in [5.74, 6) is -1.12. The van der Waals surface area contributed by atoms with Gasteiger partial charge in [0.2, 0.25) is 11.6 Å². The van der Waals surface area contributed by atoms with Gasteiger partial charge in [-0.3, -0.25) is 19.7 Å². The van der Waals surface area contributed by atoms with E-state index >= 15 is 0 Å². The largest absolute Gasteiger partial charge is 0.461 e. The van der Waals surface area contributed by atoms with Crippen LogP contribution in [0.5, 0.6) is 0 Å². The maximum absolute atomic E-state index is 12.1. The molecule has 0 saturated carbocycles. The third-order valence-corrected chi connectivity index (χ3v) is 4.00. The number of esters is 2. The van der Waals surface area contributed by atoms with Crippen molar-refractivity contribution in [3.8, 4) is 0 Å². The van der Waals surface area contributed by atoms with Gasteiger partial charge in [0.05, 0.1) is 11.3 Å². The fraction of sp³-hybridized carbons (Fsp3) is 0.429. The van der Waals surface area contributed by atoms with E-state index in [1.165, 1.54) is 11.9 Å². The first-order valence-electron chi connectivity index (χ1n) is 9.92. The Kier molecular flexibility index (Phi) is 8.45. The Hall–Kier alpha value is -3.76. The highest BCUT2D eigenvalue weighted by molar-refractivity contribution is 5.79. The molecule has 0 aliphatic rings. The van der Waals surface area contributed by atoms with E-state index in [4.69, 9.17) is 9.47 Å². The van der Waals surface area contributed by atoms with Gasteiger partial charge in [-0.15, -0.1) is 0 Å². The average Bonchev–Trinajstić information content (AvgIpc) is 2.71. The Bertz CT molecular complexity index is 945. The molecule has 172 valence electrons. The van der Waals surface area contributed by atoms with Gasteiger partial charge in [0.15, 0.2) is 0 Å². The third-order valence-electron chi connectivity index (χ3n) is 4.00. The van der Waals surface area contributed by atoms with E-state index in [-0.39, 0.29) is 37.8 Å². The van der Waals surface area contributed by atoms with Crippen molar-refractivity contribution in [3.05, 3.63) is 52.3 Å². The summed E-state index contributed by atoms with van der Waals surface area (Å²) in [6.45, 7) is 5.16. The highest BCUT2D eigenvalue weighted by atomic mass is 16.6. The van der Waals surface area contributed by atoms with E-state index in [1.54, 1.807) is 20.8 Å². The van der Waals surface area contributed by atoms with Crippen LogP contribution in [0.3, 0.4) is 0 Å². The standard InChI is InChI=1S/C21H27N5O6/c1-21(2,3)32-17(28)12-25(4)20-18(26(29)30)19(23-14-24-20)22-11-10-16(27)31-13-15-8-6-5-7-9-15/h5-9,14H,10-13H2,1-4H3,(H,22,23,24). The number of aromatic nitrogens is 2. The van der Waals surface area contributed by atoms with Crippen LogP contribution in [-0.2, 0) is 25.7 Å². The minimum Gasteiger partial charge on any atom is -0.461 e. The van der Waals surface area contributed by atoms with Crippen molar-refractivity contribution in [3.63, 3.8) is 0 Å². The van der Waals surface area contributed by atoms with Crippen molar-refractivity contribution < 1.29 is 24.0 Å². The van der Waals surface area contributed by atoms with Crippen LogP contribution in [0.2, 0.25) is 0 Å². The summed E-state index contributed by atoms with van der Waals surface area (Å²) in [5, 5.41) is 14.4. The molecule has 1 aromatic carbocycles. The van der Waals surface area contributed by atoms with E-state index in [0.717, 1.165) is 11.9 Å². The van der Waals surface area contributed by atoms with Crippen LogP contribution in [0.4, 0.5) is 17.3 Å². The highest BCUT2D eigenvalue weighted by Crippen LogP contribution is 2.31. The Morgan fingerprint density at radius 3 is 2.47 bits per heavy atom. The number of benzene rings is 1. The smallest absolute Gasteiger partial charge is 0.353 e. The summed E-state index contributed by atoms with van der Waals surface area (Å²) < 4.78 is 10.4. The van der Waals surface area contributed by atoms with E-state index in [0.29, 0.717) is 0 Å². The number of carbonyl (C=O) groups is 2. The van der Waals surface area contributed by atoms with Gasteiger partial charge in [0.1, 0.15) is 25.1 Å². The SMILES string of the molecule is CN(CC(=O)OC(C)(C)C)c1ncnc(NCCC(=O)OCc2ccccc2)c1[N+](=O)[O-]. The number of hydrogen-bond acceptors (Lipinski definition) is 10. The molecule has 2 rings (SSSR count). The molecule has 0 radical (unpaired) electrons. The lowest BCUT2D eigenvalue weighted by molar-refractivity contribution is -0.383. The van der Waals surface area contributed by atoms with Gasteiger partial charge in [0.25, 0.3) is 0 Å². The molecule has 0 fully saturated rings. The van der Waals surface area contributed by atoms with Gasteiger partial charge in [-0.1, -0.05) is 30.3 Å². The molecule has 0 aliphatic carbocycles. The second-order valence-corrected chi connectivity index (χ2v) is 7.92. The van der Waals surface area contributed by atoms with E-state index in [2.05, 4.69) is 15.3 Å². The summed E-state index contributed by atoms with van der Waals surface area (Å²) in [5.41, 5.74) is -0.230. The first-order valence-corrected chi connectivity index (χ1v) is 9.92. The molecule has 0 saturated heterocycles. The van der Waals surface area contributed by atoms with Crippen molar-refractivity contribution >= 4 is 29.3 Å². The maximum Gasteiger partial charge on any atom is 0.353 e. The fourth-order valence-corrected chi connectivity index (χ4v) is 2.68. The number of ether oxygens (including phenoxy) is 2. The van der Waals surface area contributed by atoms with Gasteiger partial charge < -0.3 is 19.7 Å². The Balaban J connectivity index is 1.99. The number of nitrogens with one attached hydrogen (secondary N) is 1. The zero-order chi connectivity index (χ0) is 23.7. The molecule has 2 aromatic rings. The second kappa shape index (κ2) is 11.0. The van der Waals surface area contributed by atoms with Gasteiger partial charge in [0, 0.05) is 13.6 Å². The molecule has 32 heavy (non-hydrogen) atoms. The topological polar surface area (TPSA) is 137 Å². The quantitative estimate of drug-likeness (QED) is 0.330. The van der Waals surface area contributed by atoms with E-state index < -0.39 is 28.2 Å². The number of rotatable bonds is 10.